The van der Waals surface area contributed by atoms with Crippen LogP contribution < -0.4 is 16.0 Å². The number of nitrogens with one attached hydrogen (secondary N) is 1. The van der Waals surface area contributed by atoms with Crippen molar-refractivity contribution in [2.45, 2.75) is 13.3 Å². The molecule has 0 aromatic carbocycles. The molecule has 0 saturated heterocycles. The van der Waals surface area contributed by atoms with E-state index in [-0.39, 0.29) is 17.4 Å². The molecule has 7 heteroatoms. The van der Waals surface area contributed by atoms with Crippen molar-refractivity contribution in [1.29, 1.82) is 0 Å². The molecule has 1 rings (SSSR count). The van der Waals surface area contributed by atoms with Gasteiger partial charge in [-0.3, -0.25) is 4.79 Å². The Morgan fingerprint density at radius 2 is 2.33 bits per heavy atom. The highest BCUT2D eigenvalue weighted by Gasteiger charge is 2.13. The molecule has 3 N–H and O–H groups in total. The highest BCUT2D eigenvalue weighted by Crippen LogP contribution is 2.13. The SMILES string of the molecule is CCCNC(=O)CN(C)c1ncncc1C(N)=S. The van der Waals surface area contributed by atoms with Crippen LogP contribution in [0.15, 0.2) is 12.5 Å². The molecule has 0 fully saturated rings. The van der Waals surface area contributed by atoms with Gasteiger partial charge in [-0.2, -0.15) is 0 Å². The van der Waals surface area contributed by atoms with Crippen LogP contribution in [0.25, 0.3) is 0 Å². The van der Waals surface area contributed by atoms with Crippen molar-refractivity contribution in [2.24, 2.45) is 5.73 Å². The van der Waals surface area contributed by atoms with Crippen molar-refractivity contribution in [3.63, 3.8) is 0 Å². The number of anilines is 1. The van der Waals surface area contributed by atoms with Crippen molar-refractivity contribution >= 4 is 28.9 Å². The zero-order valence-corrected chi connectivity index (χ0v) is 11.3. The molecule has 1 amide bonds. The molecule has 0 saturated carbocycles. The van der Waals surface area contributed by atoms with Gasteiger partial charge in [-0.1, -0.05) is 19.1 Å². The summed E-state index contributed by atoms with van der Waals surface area (Å²) in [4.78, 5) is 21.5. The molecule has 1 aromatic rings. The second-order valence-corrected chi connectivity index (χ2v) is 4.27. The maximum absolute atomic E-state index is 11.6. The Morgan fingerprint density at radius 1 is 1.61 bits per heavy atom. The molecule has 98 valence electrons. The molecule has 0 spiro atoms. The van der Waals surface area contributed by atoms with Gasteiger partial charge in [0.15, 0.2) is 0 Å². The van der Waals surface area contributed by atoms with E-state index in [2.05, 4.69) is 15.3 Å². The van der Waals surface area contributed by atoms with E-state index < -0.39 is 0 Å². The molecule has 0 aliphatic rings. The van der Waals surface area contributed by atoms with Crippen molar-refractivity contribution in [3.8, 4) is 0 Å². The van der Waals surface area contributed by atoms with Crippen LogP contribution in [0.4, 0.5) is 5.82 Å². The van der Waals surface area contributed by atoms with Gasteiger partial charge < -0.3 is 16.0 Å². The Labute approximate surface area is 112 Å². The van der Waals surface area contributed by atoms with Crippen molar-refractivity contribution in [1.82, 2.24) is 15.3 Å². The fourth-order valence-corrected chi connectivity index (χ4v) is 1.56. The maximum Gasteiger partial charge on any atom is 0.239 e. The highest BCUT2D eigenvalue weighted by molar-refractivity contribution is 7.80. The average molecular weight is 267 g/mol. The molecule has 18 heavy (non-hydrogen) atoms. The molecule has 0 aliphatic carbocycles. The molecular weight excluding hydrogens is 250 g/mol. The summed E-state index contributed by atoms with van der Waals surface area (Å²) in [5.41, 5.74) is 6.16. The Bertz CT molecular complexity index is 437. The predicted molar refractivity (Wildman–Crippen MR) is 74.5 cm³/mol. The topological polar surface area (TPSA) is 84.1 Å². The number of hydrogen-bond donors (Lipinski definition) is 2. The molecule has 6 nitrogen and oxygen atoms in total. The number of rotatable bonds is 6. The van der Waals surface area contributed by atoms with E-state index >= 15 is 0 Å². The summed E-state index contributed by atoms with van der Waals surface area (Å²) in [7, 11) is 1.76. The van der Waals surface area contributed by atoms with Crippen molar-refractivity contribution < 1.29 is 4.79 Å². The average Bonchev–Trinajstić information content (AvgIpc) is 2.36. The first-order chi connectivity index (χ1) is 8.56. The number of thiocarbonyl (C=S) groups is 1. The van der Waals surface area contributed by atoms with Gasteiger partial charge in [0.25, 0.3) is 0 Å². The van der Waals surface area contributed by atoms with Gasteiger partial charge in [0.05, 0.1) is 12.1 Å². The lowest BCUT2D eigenvalue weighted by molar-refractivity contribution is -0.119. The van der Waals surface area contributed by atoms with E-state index in [1.807, 2.05) is 6.92 Å². The van der Waals surface area contributed by atoms with Gasteiger partial charge in [0, 0.05) is 19.8 Å². The van der Waals surface area contributed by atoms with E-state index in [0.717, 1.165) is 6.42 Å². The Morgan fingerprint density at radius 3 is 2.94 bits per heavy atom. The first kappa shape index (κ1) is 14.3. The lowest BCUT2D eigenvalue weighted by Gasteiger charge is -2.19. The predicted octanol–water partition coefficient (Wildman–Crippen LogP) is 0.0732. The molecule has 1 aromatic heterocycles. The first-order valence-electron chi connectivity index (χ1n) is 5.64. The minimum atomic E-state index is -0.0631. The van der Waals surface area contributed by atoms with E-state index in [0.29, 0.717) is 17.9 Å². The molecule has 1 heterocycles. The Kier molecular flexibility index (Phi) is 5.44. The Hall–Kier alpha value is -1.76. The standard InChI is InChI=1S/C11H17N5OS/c1-3-4-14-9(17)6-16(2)11-8(10(12)18)5-13-7-15-11/h5,7H,3-4,6H2,1-2H3,(H2,12,18)(H,14,17). The van der Waals surface area contributed by atoms with Gasteiger partial charge in [0.2, 0.25) is 5.91 Å². The Balaban J connectivity index is 2.75. The summed E-state index contributed by atoms with van der Waals surface area (Å²) >= 11 is 4.92. The van der Waals surface area contributed by atoms with Crippen molar-refractivity contribution in [2.75, 3.05) is 25.0 Å². The smallest absolute Gasteiger partial charge is 0.239 e. The third-order valence-corrected chi connectivity index (χ3v) is 2.49. The fraction of sp³-hybridized carbons (Fsp3) is 0.455. The second-order valence-electron chi connectivity index (χ2n) is 3.83. The summed E-state index contributed by atoms with van der Waals surface area (Å²) in [6.07, 6.45) is 3.85. The normalized spacial score (nSPS) is 9.89. The van der Waals surface area contributed by atoms with Crippen LogP contribution in [-0.4, -0.2) is 41.0 Å². The number of hydrogen-bond acceptors (Lipinski definition) is 5. The van der Waals surface area contributed by atoms with E-state index in [9.17, 15) is 4.79 Å². The van der Waals surface area contributed by atoms with Gasteiger partial charge in [-0.15, -0.1) is 0 Å². The minimum absolute atomic E-state index is 0.0631. The molecule has 0 bridgehead atoms. The number of aromatic nitrogens is 2. The van der Waals surface area contributed by atoms with Crippen molar-refractivity contribution in [3.05, 3.63) is 18.1 Å². The lowest BCUT2D eigenvalue weighted by atomic mass is 10.3. The number of nitrogens with zero attached hydrogens (tertiary/aromatic N) is 3. The molecule has 0 aliphatic heterocycles. The lowest BCUT2D eigenvalue weighted by Crippen LogP contribution is -2.36. The highest BCUT2D eigenvalue weighted by atomic mass is 32.1. The summed E-state index contributed by atoms with van der Waals surface area (Å²) in [5, 5.41) is 2.79. The largest absolute Gasteiger partial charge is 0.389 e. The van der Waals surface area contributed by atoms with E-state index in [4.69, 9.17) is 18.0 Å². The van der Waals surface area contributed by atoms with Gasteiger partial charge in [-0.25, -0.2) is 9.97 Å². The second kappa shape index (κ2) is 6.85. The van der Waals surface area contributed by atoms with Gasteiger partial charge >= 0.3 is 0 Å². The van der Waals surface area contributed by atoms with Crippen LogP contribution in [0.2, 0.25) is 0 Å². The monoisotopic (exact) mass is 267 g/mol. The minimum Gasteiger partial charge on any atom is -0.389 e. The maximum atomic E-state index is 11.6. The molecule has 0 radical (unpaired) electrons. The number of amides is 1. The summed E-state index contributed by atoms with van der Waals surface area (Å²) in [6.45, 7) is 2.87. The molecule has 0 unspecified atom stereocenters. The van der Waals surface area contributed by atoms with Crippen LogP contribution in [0.3, 0.4) is 0 Å². The zero-order chi connectivity index (χ0) is 13.5. The van der Waals surface area contributed by atoms with Gasteiger partial charge in [-0.05, 0) is 6.42 Å². The van der Waals surface area contributed by atoms with Crippen LogP contribution in [-0.2, 0) is 4.79 Å². The molecule has 0 atom stereocenters. The van der Waals surface area contributed by atoms with E-state index in [1.165, 1.54) is 6.33 Å². The third kappa shape index (κ3) is 3.92. The van der Waals surface area contributed by atoms with Crippen LogP contribution in [0.5, 0.6) is 0 Å². The summed E-state index contributed by atoms with van der Waals surface area (Å²) in [6, 6.07) is 0. The van der Waals surface area contributed by atoms with Crippen LogP contribution in [0.1, 0.15) is 18.9 Å². The fourth-order valence-electron chi connectivity index (χ4n) is 1.41. The number of carbonyl (C=O) groups excluding carboxylic acids is 1. The summed E-state index contributed by atoms with van der Waals surface area (Å²) in [5.74, 6) is 0.496. The van der Waals surface area contributed by atoms with Gasteiger partial charge in [0.1, 0.15) is 17.1 Å². The third-order valence-electron chi connectivity index (χ3n) is 2.27. The molecular formula is C11H17N5OS. The zero-order valence-electron chi connectivity index (χ0n) is 10.5. The number of carbonyl (C=O) groups is 1. The van der Waals surface area contributed by atoms with Crippen LogP contribution >= 0.6 is 12.2 Å². The first-order valence-corrected chi connectivity index (χ1v) is 6.04. The summed E-state index contributed by atoms with van der Waals surface area (Å²) < 4.78 is 0. The number of nitrogens with two attached hydrogens (primary N) is 1. The van der Waals surface area contributed by atoms with E-state index in [1.54, 1.807) is 18.1 Å². The van der Waals surface area contributed by atoms with Crippen LogP contribution in [0, 0.1) is 0 Å². The quantitative estimate of drug-likeness (QED) is 0.710. The number of likely N-dealkylation sites (N-methyl/N-ethyl adjacent to an activating group) is 1.